The lowest BCUT2D eigenvalue weighted by molar-refractivity contribution is 0.304. The number of nitrogens with one attached hydrogen (secondary N) is 1. The summed E-state index contributed by atoms with van der Waals surface area (Å²) in [5, 5.41) is 0. The third-order valence-corrected chi connectivity index (χ3v) is 7.01. The van der Waals surface area contributed by atoms with E-state index >= 15 is 0 Å². The molecule has 41 heavy (non-hydrogen) atoms. The minimum Gasteiger partial charge on any atom is -0.489 e. The highest BCUT2D eigenvalue weighted by molar-refractivity contribution is 7.99. The minimum atomic E-state index is -0.231. The van der Waals surface area contributed by atoms with Crippen LogP contribution >= 0.6 is 11.9 Å². The van der Waals surface area contributed by atoms with Crippen molar-refractivity contribution < 1.29 is 13.9 Å². The highest BCUT2D eigenvalue weighted by Gasteiger charge is 2.14. The summed E-state index contributed by atoms with van der Waals surface area (Å²) in [5.41, 5.74) is 6.33. The molecule has 0 atom stereocenters. The van der Waals surface area contributed by atoms with Gasteiger partial charge in [0.2, 0.25) is 0 Å². The van der Waals surface area contributed by atoms with Crippen LogP contribution in [0.25, 0.3) is 0 Å². The summed E-state index contributed by atoms with van der Waals surface area (Å²) in [6.45, 7) is 3.77. The monoisotopic (exact) mass is 565 g/mol. The van der Waals surface area contributed by atoms with Crippen LogP contribution in [0.2, 0.25) is 0 Å². The van der Waals surface area contributed by atoms with Crippen LogP contribution in [0.1, 0.15) is 22.3 Å². The van der Waals surface area contributed by atoms with E-state index in [1.807, 2.05) is 66.9 Å². The first-order chi connectivity index (χ1) is 20.1. The van der Waals surface area contributed by atoms with Gasteiger partial charge >= 0.3 is 0 Å². The largest absolute Gasteiger partial charge is 0.489 e. The zero-order chi connectivity index (χ0) is 28.4. The van der Waals surface area contributed by atoms with Crippen LogP contribution in [-0.4, -0.2) is 11.2 Å². The van der Waals surface area contributed by atoms with Gasteiger partial charge in [0.05, 0.1) is 0 Å². The average Bonchev–Trinajstić information content (AvgIpc) is 2.99. The van der Waals surface area contributed by atoms with E-state index in [1.54, 1.807) is 36.5 Å². The van der Waals surface area contributed by atoms with E-state index in [-0.39, 0.29) is 5.82 Å². The van der Waals surface area contributed by atoms with Gasteiger partial charge in [0.1, 0.15) is 29.7 Å². The van der Waals surface area contributed by atoms with Crippen molar-refractivity contribution in [2.75, 3.05) is 15.9 Å². The number of nitrogens with zero attached hydrogens (tertiary/aromatic N) is 2. The third-order valence-electron chi connectivity index (χ3n) is 6.59. The first-order valence-corrected chi connectivity index (χ1v) is 14.6. The van der Waals surface area contributed by atoms with Crippen LogP contribution in [0.5, 0.6) is 17.2 Å². The van der Waals surface area contributed by atoms with Gasteiger partial charge in [-0.15, -0.1) is 0 Å². The van der Waals surface area contributed by atoms with Crippen molar-refractivity contribution in [3.63, 3.8) is 0 Å². The van der Waals surface area contributed by atoms with Crippen molar-refractivity contribution in [1.29, 1.82) is 0 Å². The summed E-state index contributed by atoms with van der Waals surface area (Å²) in [6, 6.07) is 32.6. The first-order valence-electron chi connectivity index (χ1n) is 13.3. The summed E-state index contributed by atoms with van der Waals surface area (Å²) in [4.78, 5) is 6.40. The second-order valence-electron chi connectivity index (χ2n) is 9.61. The highest BCUT2D eigenvalue weighted by atomic mass is 32.2. The van der Waals surface area contributed by atoms with Gasteiger partial charge in [-0.2, -0.15) is 0 Å². The molecule has 5 aromatic rings. The van der Waals surface area contributed by atoms with Crippen molar-refractivity contribution >= 4 is 23.3 Å². The molecule has 1 aromatic heterocycles. The molecule has 0 amide bonds. The fourth-order valence-electron chi connectivity index (χ4n) is 4.57. The zero-order valence-corrected chi connectivity index (χ0v) is 23.9. The Kier molecular flexibility index (Phi) is 9.39. The lowest BCUT2D eigenvalue weighted by atomic mass is 10.1. The number of pyridine rings is 1. The Morgan fingerprint density at radius 1 is 0.780 bits per heavy atom. The van der Waals surface area contributed by atoms with Gasteiger partial charge < -0.3 is 19.1 Å². The van der Waals surface area contributed by atoms with Crippen molar-refractivity contribution in [3.05, 3.63) is 144 Å². The van der Waals surface area contributed by atoms with Crippen LogP contribution in [0.3, 0.4) is 0 Å². The Balaban J connectivity index is 1.30. The van der Waals surface area contributed by atoms with E-state index in [2.05, 4.69) is 45.8 Å². The maximum Gasteiger partial charge on any atom is 0.131 e. The van der Waals surface area contributed by atoms with E-state index in [0.29, 0.717) is 25.4 Å². The van der Waals surface area contributed by atoms with Crippen molar-refractivity contribution in [3.8, 4) is 17.2 Å². The topological polar surface area (TPSA) is 46.6 Å². The fraction of sp³-hybridized carbons (Fsp3) is 0.147. The standard InChI is InChI=1S/C34H32FN3O2S/c1-25-33(37-41-2)12-5-13-34(25)38(23-27-7-3-9-29(35)19-27)22-26-14-16-30(17-15-26)40-32-11-4-10-31(20-32)39-24-28-8-6-18-36-21-28/h3-21,37H,22-24H2,1-2H3. The number of aromatic nitrogens is 1. The molecule has 0 radical (unpaired) electrons. The summed E-state index contributed by atoms with van der Waals surface area (Å²) in [5.74, 6) is 1.93. The fourth-order valence-corrected chi connectivity index (χ4v) is 5.01. The molecule has 0 saturated heterocycles. The Hall–Kier alpha value is -4.49. The Morgan fingerprint density at radius 2 is 1.54 bits per heavy atom. The van der Waals surface area contributed by atoms with Gasteiger partial charge in [-0.25, -0.2) is 4.39 Å². The molecule has 1 N–H and O–H groups in total. The highest BCUT2D eigenvalue weighted by Crippen LogP contribution is 2.31. The van der Waals surface area contributed by atoms with E-state index < -0.39 is 0 Å². The molecule has 0 aliphatic carbocycles. The van der Waals surface area contributed by atoms with E-state index in [4.69, 9.17) is 9.47 Å². The minimum absolute atomic E-state index is 0.231. The van der Waals surface area contributed by atoms with Crippen LogP contribution in [0.4, 0.5) is 15.8 Å². The number of benzene rings is 4. The molecule has 0 fully saturated rings. The SMILES string of the molecule is CSNc1cccc(N(Cc2ccc(Oc3cccc(OCc4cccnc4)c3)cc2)Cc2cccc(F)c2)c1C. The molecule has 208 valence electrons. The number of hydrogen-bond acceptors (Lipinski definition) is 6. The van der Waals surface area contributed by atoms with E-state index in [9.17, 15) is 4.39 Å². The van der Waals surface area contributed by atoms with Gasteiger partial charge in [-0.05, 0) is 78.2 Å². The van der Waals surface area contributed by atoms with E-state index in [1.165, 1.54) is 6.07 Å². The number of hydrogen-bond donors (Lipinski definition) is 1. The molecule has 5 nitrogen and oxygen atoms in total. The number of anilines is 2. The summed E-state index contributed by atoms with van der Waals surface area (Å²) < 4.78 is 29.4. The Morgan fingerprint density at radius 3 is 2.32 bits per heavy atom. The van der Waals surface area contributed by atoms with Gasteiger partial charge in [0.15, 0.2) is 0 Å². The van der Waals surface area contributed by atoms with Crippen molar-refractivity contribution in [1.82, 2.24) is 4.98 Å². The maximum atomic E-state index is 14.0. The molecule has 0 unspecified atom stereocenters. The smallest absolute Gasteiger partial charge is 0.131 e. The molecule has 0 bridgehead atoms. The predicted octanol–water partition coefficient (Wildman–Crippen LogP) is 8.80. The van der Waals surface area contributed by atoms with Crippen molar-refractivity contribution in [2.24, 2.45) is 0 Å². The second kappa shape index (κ2) is 13.7. The molecular formula is C34H32FN3O2S. The van der Waals surface area contributed by atoms with Crippen LogP contribution < -0.4 is 19.1 Å². The summed E-state index contributed by atoms with van der Waals surface area (Å²) in [7, 11) is 0. The molecule has 0 saturated carbocycles. The molecule has 0 spiro atoms. The molecule has 1 heterocycles. The Bertz CT molecular complexity index is 1560. The molecule has 4 aromatic carbocycles. The predicted molar refractivity (Wildman–Crippen MR) is 166 cm³/mol. The second-order valence-corrected chi connectivity index (χ2v) is 10.2. The molecule has 7 heteroatoms. The average molecular weight is 566 g/mol. The van der Waals surface area contributed by atoms with Crippen LogP contribution in [-0.2, 0) is 19.7 Å². The summed E-state index contributed by atoms with van der Waals surface area (Å²) >= 11 is 1.56. The Labute approximate surface area is 245 Å². The molecule has 5 rings (SSSR count). The third kappa shape index (κ3) is 7.80. The lowest BCUT2D eigenvalue weighted by Gasteiger charge is -2.28. The van der Waals surface area contributed by atoms with Gasteiger partial charge in [-0.1, -0.05) is 54.4 Å². The first kappa shape index (κ1) is 28.1. The molecule has 0 aliphatic heterocycles. The quantitative estimate of drug-likeness (QED) is 0.153. The van der Waals surface area contributed by atoms with Crippen molar-refractivity contribution in [2.45, 2.75) is 26.6 Å². The lowest BCUT2D eigenvalue weighted by Crippen LogP contribution is -2.23. The van der Waals surface area contributed by atoms with E-state index in [0.717, 1.165) is 45.1 Å². The maximum absolute atomic E-state index is 14.0. The van der Waals surface area contributed by atoms with Crippen LogP contribution in [0, 0.1) is 12.7 Å². The summed E-state index contributed by atoms with van der Waals surface area (Å²) in [6.07, 6.45) is 5.54. The number of ether oxygens (including phenoxy) is 2. The number of rotatable bonds is 12. The van der Waals surface area contributed by atoms with Crippen LogP contribution in [0.15, 0.2) is 116 Å². The molecule has 0 aliphatic rings. The number of halogens is 1. The zero-order valence-electron chi connectivity index (χ0n) is 23.1. The van der Waals surface area contributed by atoms with Gasteiger partial charge in [0.25, 0.3) is 0 Å². The van der Waals surface area contributed by atoms with Gasteiger partial charge in [-0.3, -0.25) is 4.98 Å². The normalized spacial score (nSPS) is 10.7. The molecular weight excluding hydrogens is 533 g/mol. The van der Waals surface area contributed by atoms with Gasteiger partial charge in [0, 0.05) is 54.7 Å².